The number of aromatic nitrogens is 4. The quantitative estimate of drug-likeness (QED) is 0.879. The molecule has 2 heterocycles. The van der Waals surface area contributed by atoms with E-state index in [0.29, 0.717) is 12.0 Å². The zero-order chi connectivity index (χ0) is 12.4. The molecule has 2 aromatic rings. The van der Waals surface area contributed by atoms with Crippen LogP contribution >= 0.6 is 0 Å². The van der Waals surface area contributed by atoms with Crippen molar-refractivity contribution < 1.29 is 0 Å². The molecule has 2 rings (SSSR count). The molecule has 92 valence electrons. The van der Waals surface area contributed by atoms with Crippen molar-refractivity contribution in [1.29, 1.82) is 0 Å². The van der Waals surface area contributed by atoms with Crippen LogP contribution in [0.5, 0.6) is 0 Å². The van der Waals surface area contributed by atoms with E-state index in [1.54, 1.807) is 17.2 Å². The summed E-state index contributed by atoms with van der Waals surface area (Å²) >= 11 is 0. The molecule has 0 spiro atoms. The lowest BCUT2D eigenvalue weighted by molar-refractivity contribution is 0.494. The van der Waals surface area contributed by atoms with Crippen molar-refractivity contribution in [2.45, 2.75) is 33.2 Å². The number of rotatable bonds is 4. The SMILES string of the molecule is CC[C@H](C)[C@H](C)Nc1ncnc2c1cnn2C. The Morgan fingerprint density at radius 3 is 2.82 bits per heavy atom. The maximum Gasteiger partial charge on any atom is 0.163 e. The zero-order valence-electron chi connectivity index (χ0n) is 10.8. The second-order valence-corrected chi connectivity index (χ2v) is 4.55. The van der Waals surface area contributed by atoms with Crippen LogP contribution in [0.3, 0.4) is 0 Å². The van der Waals surface area contributed by atoms with E-state index < -0.39 is 0 Å². The molecule has 0 unspecified atom stereocenters. The van der Waals surface area contributed by atoms with Crippen molar-refractivity contribution in [1.82, 2.24) is 19.7 Å². The van der Waals surface area contributed by atoms with E-state index in [9.17, 15) is 0 Å². The van der Waals surface area contributed by atoms with Crippen LogP contribution in [0.15, 0.2) is 12.5 Å². The molecule has 5 heteroatoms. The predicted molar refractivity (Wildman–Crippen MR) is 68.8 cm³/mol. The smallest absolute Gasteiger partial charge is 0.163 e. The molecule has 2 aromatic heterocycles. The monoisotopic (exact) mass is 233 g/mol. The van der Waals surface area contributed by atoms with Gasteiger partial charge in [-0.05, 0) is 12.8 Å². The van der Waals surface area contributed by atoms with E-state index in [4.69, 9.17) is 0 Å². The molecule has 1 N–H and O–H groups in total. The van der Waals surface area contributed by atoms with Gasteiger partial charge >= 0.3 is 0 Å². The number of nitrogens with zero attached hydrogens (tertiary/aromatic N) is 4. The highest BCUT2D eigenvalue weighted by atomic mass is 15.3. The third-order valence-electron chi connectivity index (χ3n) is 3.39. The first kappa shape index (κ1) is 11.8. The van der Waals surface area contributed by atoms with Gasteiger partial charge in [0.25, 0.3) is 0 Å². The van der Waals surface area contributed by atoms with Crippen LogP contribution < -0.4 is 5.32 Å². The van der Waals surface area contributed by atoms with Gasteiger partial charge < -0.3 is 5.32 Å². The highest BCUT2D eigenvalue weighted by molar-refractivity contribution is 5.86. The van der Waals surface area contributed by atoms with Crippen molar-refractivity contribution in [3.8, 4) is 0 Å². The molecule has 5 nitrogen and oxygen atoms in total. The van der Waals surface area contributed by atoms with Crippen LogP contribution in [-0.4, -0.2) is 25.8 Å². The minimum absolute atomic E-state index is 0.387. The van der Waals surface area contributed by atoms with E-state index in [2.05, 4.69) is 41.2 Å². The molecule has 2 atom stereocenters. The lowest BCUT2D eigenvalue weighted by Crippen LogP contribution is -2.23. The molecule has 0 aliphatic carbocycles. The van der Waals surface area contributed by atoms with Crippen LogP contribution in [0.2, 0.25) is 0 Å². The normalized spacial score (nSPS) is 14.8. The second-order valence-electron chi connectivity index (χ2n) is 4.55. The number of anilines is 1. The molecule has 0 saturated heterocycles. The van der Waals surface area contributed by atoms with E-state index in [0.717, 1.165) is 23.3 Å². The molecule has 0 amide bonds. The minimum atomic E-state index is 0.387. The highest BCUT2D eigenvalue weighted by Crippen LogP contribution is 2.20. The number of hydrogen-bond donors (Lipinski definition) is 1. The van der Waals surface area contributed by atoms with Crippen molar-refractivity contribution in [3.63, 3.8) is 0 Å². The molecule has 0 bridgehead atoms. The maximum atomic E-state index is 4.30. The van der Waals surface area contributed by atoms with E-state index in [1.165, 1.54) is 0 Å². The largest absolute Gasteiger partial charge is 0.367 e. The lowest BCUT2D eigenvalue weighted by atomic mass is 10.0. The Morgan fingerprint density at radius 1 is 1.35 bits per heavy atom. The Kier molecular flexibility index (Phi) is 3.26. The van der Waals surface area contributed by atoms with Crippen LogP contribution in [0, 0.1) is 5.92 Å². The number of aryl methyl sites for hydroxylation is 1. The summed E-state index contributed by atoms with van der Waals surface area (Å²) < 4.78 is 1.76. The van der Waals surface area contributed by atoms with Crippen LogP contribution in [0.1, 0.15) is 27.2 Å². The van der Waals surface area contributed by atoms with Gasteiger partial charge in [-0.3, -0.25) is 4.68 Å². The van der Waals surface area contributed by atoms with Crippen molar-refractivity contribution in [2.75, 3.05) is 5.32 Å². The fourth-order valence-electron chi connectivity index (χ4n) is 1.79. The number of nitrogens with one attached hydrogen (secondary N) is 1. The molecule has 17 heavy (non-hydrogen) atoms. The molecule has 0 aromatic carbocycles. The van der Waals surface area contributed by atoms with Crippen molar-refractivity contribution in [2.24, 2.45) is 13.0 Å². The summed E-state index contributed by atoms with van der Waals surface area (Å²) in [5.41, 5.74) is 0.860. The molecule has 0 radical (unpaired) electrons. The van der Waals surface area contributed by atoms with E-state index in [1.807, 2.05) is 7.05 Å². The van der Waals surface area contributed by atoms with Gasteiger partial charge in [0.2, 0.25) is 0 Å². The fourth-order valence-corrected chi connectivity index (χ4v) is 1.79. The summed E-state index contributed by atoms with van der Waals surface area (Å²) in [6, 6.07) is 0.387. The summed E-state index contributed by atoms with van der Waals surface area (Å²) in [4.78, 5) is 8.52. The van der Waals surface area contributed by atoms with E-state index >= 15 is 0 Å². The highest BCUT2D eigenvalue weighted by Gasteiger charge is 2.13. The van der Waals surface area contributed by atoms with Gasteiger partial charge in [0.05, 0.1) is 11.6 Å². The Morgan fingerprint density at radius 2 is 2.12 bits per heavy atom. The van der Waals surface area contributed by atoms with Crippen molar-refractivity contribution >= 4 is 16.9 Å². The first-order valence-corrected chi connectivity index (χ1v) is 6.02. The second kappa shape index (κ2) is 4.69. The average Bonchev–Trinajstić information content (AvgIpc) is 2.71. The summed E-state index contributed by atoms with van der Waals surface area (Å²) in [7, 11) is 1.89. The maximum absolute atomic E-state index is 4.30. The Bertz CT molecular complexity index is 505. The Hall–Kier alpha value is -1.65. The zero-order valence-corrected chi connectivity index (χ0v) is 10.8. The van der Waals surface area contributed by atoms with Gasteiger partial charge in [-0.2, -0.15) is 5.10 Å². The lowest BCUT2D eigenvalue weighted by Gasteiger charge is -2.20. The van der Waals surface area contributed by atoms with Crippen molar-refractivity contribution in [3.05, 3.63) is 12.5 Å². The standard InChI is InChI=1S/C12H19N5/c1-5-8(2)9(3)16-11-10-6-15-17(4)12(10)14-7-13-11/h6-9H,5H2,1-4H3,(H,13,14,16)/t8-,9-/m0/s1. The minimum Gasteiger partial charge on any atom is -0.367 e. The summed E-state index contributed by atoms with van der Waals surface area (Å²) in [6.07, 6.45) is 4.53. The summed E-state index contributed by atoms with van der Waals surface area (Å²) in [5.74, 6) is 1.48. The third-order valence-corrected chi connectivity index (χ3v) is 3.39. The Labute approximate surface area is 101 Å². The first-order valence-electron chi connectivity index (χ1n) is 6.02. The molecular weight excluding hydrogens is 214 g/mol. The fraction of sp³-hybridized carbons (Fsp3) is 0.583. The Balaban J connectivity index is 2.30. The average molecular weight is 233 g/mol. The first-order chi connectivity index (χ1) is 8.13. The topological polar surface area (TPSA) is 55.6 Å². The van der Waals surface area contributed by atoms with Crippen LogP contribution in [0.4, 0.5) is 5.82 Å². The molecule has 0 fully saturated rings. The van der Waals surface area contributed by atoms with Gasteiger partial charge in [0.15, 0.2) is 5.65 Å². The van der Waals surface area contributed by atoms with Gasteiger partial charge in [-0.15, -0.1) is 0 Å². The number of fused-ring (bicyclic) bond motifs is 1. The summed E-state index contributed by atoms with van der Waals surface area (Å²) in [5, 5.41) is 8.62. The van der Waals surface area contributed by atoms with Gasteiger partial charge in [0.1, 0.15) is 12.1 Å². The van der Waals surface area contributed by atoms with E-state index in [-0.39, 0.29) is 0 Å². The van der Waals surface area contributed by atoms with Gasteiger partial charge in [-0.25, -0.2) is 9.97 Å². The van der Waals surface area contributed by atoms with Gasteiger partial charge in [-0.1, -0.05) is 20.3 Å². The molecular formula is C12H19N5. The third kappa shape index (κ3) is 2.23. The van der Waals surface area contributed by atoms with Crippen LogP contribution in [0.25, 0.3) is 11.0 Å². The van der Waals surface area contributed by atoms with Crippen LogP contribution in [-0.2, 0) is 7.05 Å². The molecule has 0 saturated carbocycles. The molecule has 0 aliphatic heterocycles. The number of hydrogen-bond acceptors (Lipinski definition) is 4. The summed E-state index contributed by atoms with van der Waals surface area (Å²) in [6.45, 7) is 6.61. The predicted octanol–water partition coefficient (Wildman–Crippen LogP) is 2.21. The van der Waals surface area contributed by atoms with Gasteiger partial charge in [0, 0.05) is 13.1 Å². The molecule has 0 aliphatic rings.